The van der Waals surface area contributed by atoms with Gasteiger partial charge in [-0.2, -0.15) is 0 Å². The number of carbonyl (C=O) groups excluding carboxylic acids is 1. The highest BCUT2D eigenvalue weighted by molar-refractivity contribution is 5.89. The lowest BCUT2D eigenvalue weighted by atomic mass is 10.3. The molecule has 3 aromatic rings. The molecule has 2 N–H and O–H groups in total. The molecule has 0 spiro atoms. The molecule has 2 aromatic heterocycles. The van der Waals surface area contributed by atoms with Gasteiger partial charge < -0.3 is 15.0 Å². The summed E-state index contributed by atoms with van der Waals surface area (Å²) in [5.74, 6) is 0. The Morgan fingerprint density at radius 3 is 2.71 bits per heavy atom. The molecule has 0 aliphatic rings. The van der Waals surface area contributed by atoms with Gasteiger partial charge in [0, 0.05) is 17.6 Å². The van der Waals surface area contributed by atoms with Crippen LogP contribution < -0.4 is 10.6 Å². The first-order chi connectivity index (χ1) is 10.2. The van der Waals surface area contributed by atoms with Crippen molar-refractivity contribution >= 4 is 17.4 Å². The predicted molar refractivity (Wildman–Crippen MR) is 82.2 cm³/mol. The molecule has 0 saturated heterocycles. The number of urea groups is 1. The van der Waals surface area contributed by atoms with Gasteiger partial charge in [-0.3, -0.25) is 0 Å². The summed E-state index contributed by atoms with van der Waals surface area (Å²) in [5.41, 5.74) is 3.59. The Hall–Kier alpha value is -2.82. The summed E-state index contributed by atoms with van der Waals surface area (Å²) in [6.45, 7) is 2.41. The lowest BCUT2D eigenvalue weighted by molar-refractivity contribution is 0.251. The van der Waals surface area contributed by atoms with Crippen LogP contribution in [0, 0.1) is 6.92 Å². The summed E-state index contributed by atoms with van der Waals surface area (Å²) in [4.78, 5) is 16.3. The minimum atomic E-state index is -0.241. The molecule has 0 bridgehead atoms. The average molecular weight is 280 g/mol. The molecule has 5 heteroatoms. The second-order valence-corrected chi connectivity index (χ2v) is 4.80. The quantitative estimate of drug-likeness (QED) is 0.775. The average Bonchev–Trinajstić information content (AvgIpc) is 2.91. The van der Waals surface area contributed by atoms with Crippen LogP contribution in [-0.4, -0.2) is 15.4 Å². The summed E-state index contributed by atoms with van der Waals surface area (Å²) in [7, 11) is 0. The molecular formula is C16H16N4O. The summed E-state index contributed by atoms with van der Waals surface area (Å²) >= 11 is 0. The number of pyridine rings is 1. The van der Waals surface area contributed by atoms with Gasteiger partial charge in [0.1, 0.15) is 5.65 Å². The summed E-state index contributed by atoms with van der Waals surface area (Å²) in [5, 5.41) is 5.57. The SMILES string of the molecule is Cc1cccc2nc(CNC(=O)Nc3ccccc3)cn12. The van der Waals surface area contributed by atoms with E-state index < -0.39 is 0 Å². The predicted octanol–water partition coefficient (Wildman–Crippen LogP) is 2.96. The van der Waals surface area contributed by atoms with E-state index in [1.165, 1.54) is 0 Å². The third-order valence-corrected chi connectivity index (χ3v) is 3.21. The minimum Gasteiger partial charge on any atom is -0.332 e. The van der Waals surface area contributed by atoms with Crippen molar-refractivity contribution in [1.29, 1.82) is 0 Å². The van der Waals surface area contributed by atoms with Crippen LogP contribution in [0.15, 0.2) is 54.7 Å². The number of amides is 2. The van der Waals surface area contributed by atoms with Crippen molar-refractivity contribution < 1.29 is 4.79 Å². The molecule has 0 aliphatic carbocycles. The molecule has 0 fully saturated rings. The van der Waals surface area contributed by atoms with E-state index in [1.54, 1.807) is 0 Å². The molecule has 0 atom stereocenters. The van der Waals surface area contributed by atoms with E-state index in [-0.39, 0.29) is 6.03 Å². The van der Waals surface area contributed by atoms with Crippen LogP contribution >= 0.6 is 0 Å². The Balaban J connectivity index is 1.64. The van der Waals surface area contributed by atoms with Gasteiger partial charge in [-0.15, -0.1) is 0 Å². The van der Waals surface area contributed by atoms with Gasteiger partial charge in [0.2, 0.25) is 0 Å². The lowest BCUT2D eigenvalue weighted by Crippen LogP contribution is -2.28. The topological polar surface area (TPSA) is 58.4 Å². The Labute approximate surface area is 122 Å². The summed E-state index contributed by atoms with van der Waals surface area (Å²) in [6.07, 6.45) is 1.94. The number of hydrogen-bond donors (Lipinski definition) is 2. The van der Waals surface area contributed by atoms with Crippen molar-refractivity contribution in [1.82, 2.24) is 14.7 Å². The largest absolute Gasteiger partial charge is 0.332 e. The van der Waals surface area contributed by atoms with Crippen molar-refractivity contribution in [2.24, 2.45) is 0 Å². The first-order valence-corrected chi connectivity index (χ1v) is 6.76. The van der Waals surface area contributed by atoms with Crippen molar-refractivity contribution in [2.75, 3.05) is 5.32 Å². The third kappa shape index (κ3) is 3.02. The van der Waals surface area contributed by atoms with E-state index in [0.717, 1.165) is 22.7 Å². The second-order valence-electron chi connectivity index (χ2n) is 4.80. The zero-order chi connectivity index (χ0) is 14.7. The van der Waals surface area contributed by atoms with Crippen LogP contribution in [0.4, 0.5) is 10.5 Å². The number of anilines is 1. The number of aromatic nitrogens is 2. The zero-order valence-corrected chi connectivity index (χ0v) is 11.7. The van der Waals surface area contributed by atoms with Gasteiger partial charge in [-0.25, -0.2) is 9.78 Å². The van der Waals surface area contributed by atoms with E-state index in [2.05, 4.69) is 15.6 Å². The van der Waals surface area contributed by atoms with Crippen molar-refractivity contribution in [3.05, 3.63) is 66.1 Å². The summed E-state index contributed by atoms with van der Waals surface area (Å²) in [6, 6.07) is 15.0. The van der Waals surface area contributed by atoms with E-state index in [4.69, 9.17) is 0 Å². The van der Waals surface area contributed by atoms with Gasteiger partial charge in [0.05, 0.1) is 12.2 Å². The fourth-order valence-corrected chi connectivity index (χ4v) is 2.15. The van der Waals surface area contributed by atoms with Crippen LogP contribution in [0.25, 0.3) is 5.65 Å². The monoisotopic (exact) mass is 280 g/mol. The van der Waals surface area contributed by atoms with Crippen LogP contribution in [0.3, 0.4) is 0 Å². The van der Waals surface area contributed by atoms with Crippen molar-refractivity contribution in [2.45, 2.75) is 13.5 Å². The number of carbonyl (C=O) groups is 1. The molecule has 0 aliphatic heterocycles. The first-order valence-electron chi connectivity index (χ1n) is 6.76. The van der Waals surface area contributed by atoms with Gasteiger partial charge in [-0.1, -0.05) is 24.3 Å². The molecule has 0 saturated carbocycles. The van der Waals surface area contributed by atoms with Crippen molar-refractivity contribution in [3.63, 3.8) is 0 Å². The van der Waals surface area contributed by atoms with Gasteiger partial charge in [0.15, 0.2) is 0 Å². The van der Waals surface area contributed by atoms with E-state index in [1.807, 2.05) is 66.1 Å². The molecule has 2 heterocycles. The highest BCUT2D eigenvalue weighted by Crippen LogP contribution is 2.08. The number of fused-ring (bicyclic) bond motifs is 1. The van der Waals surface area contributed by atoms with Crippen molar-refractivity contribution in [3.8, 4) is 0 Å². The molecule has 21 heavy (non-hydrogen) atoms. The van der Waals surface area contributed by atoms with Crippen LogP contribution in [-0.2, 0) is 6.54 Å². The van der Waals surface area contributed by atoms with Gasteiger partial charge >= 0.3 is 6.03 Å². The maximum Gasteiger partial charge on any atom is 0.319 e. The maximum absolute atomic E-state index is 11.8. The molecule has 3 rings (SSSR count). The normalized spacial score (nSPS) is 10.5. The minimum absolute atomic E-state index is 0.241. The number of hydrogen-bond acceptors (Lipinski definition) is 2. The Morgan fingerprint density at radius 2 is 1.95 bits per heavy atom. The number of imidazole rings is 1. The molecule has 1 aromatic carbocycles. The molecular weight excluding hydrogens is 264 g/mol. The number of benzene rings is 1. The number of nitrogens with one attached hydrogen (secondary N) is 2. The number of rotatable bonds is 3. The highest BCUT2D eigenvalue weighted by atomic mass is 16.2. The Morgan fingerprint density at radius 1 is 1.14 bits per heavy atom. The summed E-state index contributed by atoms with van der Waals surface area (Å²) < 4.78 is 2.01. The van der Waals surface area contributed by atoms with Crippen LogP contribution in [0.5, 0.6) is 0 Å². The number of nitrogens with zero attached hydrogens (tertiary/aromatic N) is 2. The van der Waals surface area contributed by atoms with E-state index in [0.29, 0.717) is 6.54 Å². The standard InChI is InChI=1S/C16H16N4O/c1-12-6-5-9-15-18-14(11-20(12)15)10-17-16(21)19-13-7-3-2-4-8-13/h2-9,11H,10H2,1H3,(H2,17,19,21). The molecule has 5 nitrogen and oxygen atoms in total. The van der Waals surface area contributed by atoms with E-state index >= 15 is 0 Å². The Bertz CT molecular complexity index is 764. The number of aryl methyl sites for hydroxylation is 1. The molecule has 0 unspecified atom stereocenters. The number of para-hydroxylation sites is 1. The Kier molecular flexibility index (Phi) is 3.55. The van der Waals surface area contributed by atoms with Crippen LogP contribution in [0.1, 0.15) is 11.4 Å². The van der Waals surface area contributed by atoms with Crippen LogP contribution in [0.2, 0.25) is 0 Å². The molecule has 0 radical (unpaired) electrons. The zero-order valence-electron chi connectivity index (χ0n) is 11.7. The first kappa shape index (κ1) is 13.2. The smallest absolute Gasteiger partial charge is 0.319 e. The fourth-order valence-electron chi connectivity index (χ4n) is 2.15. The molecule has 2 amide bonds. The lowest BCUT2D eigenvalue weighted by Gasteiger charge is -2.05. The third-order valence-electron chi connectivity index (χ3n) is 3.21. The fraction of sp³-hybridized carbons (Fsp3) is 0.125. The molecule has 106 valence electrons. The highest BCUT2D eigenvalue weighted by Gasteiger charge is 2.05. The van der Waals surface area contributed by atoms with E-state index in [9.17, 15) is 4.79 Å². The maximum atomic E-state index is 11.8. The van der Waals surface area contributed by atoms with Gasteiger partial charge in [0.25, 0.3) is 0 Å². The second kappa shape index (κ2) is 5.66. The van der Waals surface area contributed by atoms with Gasteiger partial charge in [-0.05, 0) is 31.2 Å².